The summed E-state index contributed by atoms with van der Waals surface area (Å²) in [6, 6.07) is 44.7. The smallest absolute Gasteiger partial charge is 0.135 e. The summed E-state index contributed by atoms with van der Waals surface area (Å²) in [6.07, 6.45) is 7.09. The summed E-state index contributed by atoms with van der Waals surface area (Å²) in [5.74, 6) is 2.71. The normalized spacial score (nSPS) is 24.2. The van der Waals surface area contributed by atoms with Crippen molar-refractivity contribution in [2.45, 2.75) is 102 Å². The first-order valence-electron chi connectivity index (χ1n) is 21.6. The second kappa shape index (κ2) is 11.1. The van der Waals surface area contributed by atoms with Crippen molar-refractivity contribution in [3.8, 4) is 22.3 Å². The largest absolute Gasteiger partial charge is 0.456 e. The van der Waals surface area contributed by atoms with Gasteiger partial charge in [-0.1, -0.05) is 109 Å². The first-order valence-corrected chi connectivity index (χ1v) is 21.6. The average molecular weight is 744 g/mol. The molecule has 0 spiro atoms. The molecule has 2 nitrogen and oxygen atoms in total. The summed E-state index contributed by atoms with van der Waals surface area (Å²) in [5.41, 5.74) is 19.7. The van der Waals surface area contributed by atoms with Crippen LogP contribution in [-0.2, 0) is 21.7 Å². The zero-order valence-electron chi connectivity index (χ0n) is 34.6. The first-order chi connectivity index (χ1) is 27.3. The van der Waals surface area contributed by atoms with E-state index in [1.54, 1.807) is 5.56 Å². The van der Waals surface area contributed by atoms with Gasteiger partial charge in [-0.2, -0.15) is 0 Å². The summed E-state index contributed by atoms with van der Waals surface area (Å²) in [7, 11) is 0. The van der Waals surface area contributed by atoms with Gasteiger partial charge in [0.2, 0.25) is 0 Å². The van der Waals surface area contributed by atoms with Crippen LogP contribution in [0.5, 0.6) is 0 Å². The molecule has 0 aliphatic heterocycles. The van der Waals surface area contributed by atoms with Gasteiger partial charge in [-0.05, 0) is 171 Å². The maximum absolute atomic E-state index is 6.62. The summed E-state index contributed by atoms with van der Waals surface area (Å²) in [6.45, 7) is 16.6. The lowest BCUT2D eigenvalue weighted by atomic mass is 9.71. The highest BCUT2D eigenvalue weighted by Crippen LogP contribution is 2.66. The minimum absolute atomic E-state index is 0.0927. The van der Waals surface area contributed by atoms with Crippen molar-refractivity contribution < 1.29 is 4.42 Å². The molecule has 0 N–H and O–H groups in total. The number of hydrogen-bond acceptors (Lipinski definition) is 2. The van der Waals surface area contributed by atoms with Crippen LogP contribution in [-0.4, -0.2) is 0 Å². The van der Waals surface area contributed by atoms with Crippen molar-refractivity contribution in [3.05, 3.63) is 149 Å². The molecule has 4 saturated carbocycles. The zero-order chi connectivity index (χ0) is 38.8. The number of anilines is 3. The predicted molar refractivity (Wildman–Crippen MR) is 237 cm³/mol. The van der Waals surface area contributed by atoms with Gasteiger partial charge in [0.25, 0.3) is 0 Å². The van der Waals surface area contributed by atoms with Crippen LogP contribution in [0.2, 0.25) is 0 Å². The summed E-state index contributed by atoms with van der Waals surface area (Å²) < 4.78 is 6.62. The van der Waals surface area contributed by atoms with E-state index in [4.69, 9.17) is 4.42 Å². The molecule has 0 saturated heterocycles. The molecule has 0 radical (unpaired) electrons. The molecule has 7 aromatic rings. The number of hydrogen-bond donors (Lipinski definition) is 0. The molecule has 6 aliphatic carbocycles. The number of fused-ring (bicyclic) bond motifs is 9. The predicted octanol–water partition coefficient (Wildman–Crippen LogP) is 15.0. The van der Waals surface area contributed by atoms with Gasteiger partial charge < -0.3 is 9.32 Å². The van der Waals surface area contributed by atoms with Crippen LogP contribution >= 0.6 is 0 Å². The number of benzene rings is 6. The lowest BCUT2D eigenvalue weighted by Gasteiger charge is -2.33. The third-order valence-corrected chi connectivity index (χ3v) is 15.9. The van der Waals surface area contributed by atoms with Crippen LogP contribution in [0.4, 0.5) is 17.1 Å². The maximum atomic E-state index is 6.62. The van der Waals surface area contributed by atoms with Crippen molar-refractivity contribution in [2.75, 3.05) is 4.90 Å². The van der Waals surface area contributed by atoms with Gasteiger partial charge in [0.1, 0.15) is 11.2 Å². The van der Waals surface area contributed by atoms with E-state index in [-0.39, 0.29) is 16.2 Å². The maximum Gasteiger partial charge on any atom is 0.135 e. The van der Waals surface area contributed by atoms with Crippen LogP contribution in [0.25, 0.3) is 44.2 Å². The average Bonchev–Trinajstić information content (AvgIpc) is 3.90. The Kier molecular flexibility index (Phi) is 6.62. The van der Waals surface area contributed by atoms with Gasteiger partial charge in [0, 0.05) is 38.7 Å². The Morgan fingerprint density at radius 2 is 1.05 bits per heavy atom. The molecule has 1 aromatic heterocycles. The quantitative estimate of drug-likeness (QED) is 0.178. The minimum Gasteiger partial charge on any atom is -0.456 e. The third-order valence-electron chi connectivity index (χ3n) is 15.9. The molecule has 2 unspecified atom stereocenters. The SMILES string of the molecule is CC(C)(C)c1ccc2c(c1)C(C)(C)c1cc(N(c3ccc4c(c3)C(C)(C)c3ccccc3-4)c3ccc4oc5ccc(C67CC8CC(CC6C8)C7)cc5c4c3)ccc1-2. The van der Waals surface area contributed by atoms with Crippen molar-refractivity contribution >= 4 is 39.0 Å². The molecule has 1 heterocycles. The molecule has 0 amide bonds. The molecule has 4 bridgehead atoms. The van der Waals surface area contributed by atoms with Gasteiger partial charge in [0.05, 0.1) is 0 Å². The van der Waals surface area contributed by atoms with Crippen LogP contribution in [0.15, 0.2) is 120 Å². The summed E-state index contributed by atoms with van der Waals surface area (Å²) >= 11 is 0. The van der Waals surface area contributed by atoms with Crippen molar-refractivity contribution in [1.82, 2.24) is 0 Å². The van der Waals surface area contributed by atoms with E-state index in [1.807, 2.05) is 0 Å². The van der Waals surface area contributed by atoms with E-state index in [1.165, 1.54) is 104 Å². The highest BCUT2D eigenvalue weighted by molar-refractivity contribution is 6.07. The van der Waals surface area contributed by atoms with Gasteiger partial charge in [-0.25, -0.2) is 0 Å². The first kappa shape index (κ1) is 34.0. The standard InChI is InChI=1S/C55H53NO/c1-52(2,3)34-12-17-41-43-19-15-39(29-49(43)54(6,7)47(41)26-34)56(38-14-18-42-40-10-8-9-11-46(40)53(4,5)48(42)28-38)37-16-21-51-45(27-37)44-25-35(13-20-50(44)57-51)55-30-32-22-33(31-55)24-36(55)23-32/h8-21,25-29,32-33,36H,22-24,30-31H2,1-7H3. The summed E-state index contributed by atoms with van der Waals surface area (Å²) in [5, 5.41) is 2.47. The second-order valence-corrected chi connectivity index (χ2v) is 20.8. The van der Waals surface area contributed by atoms with Crippen LogP contribution in [0, 0.1) is 17.8 Å². The lowest BCUT2D eigenvalue weighted by molar-refractivity contribution is 0.266. The highest BCUT2D eigenvalue weighted by Gasteiger charge is 2.58. The monoisotopic (exact) mass is 743 g/mol. The van der Waals surface area contributed by atoms with Crippen molar-refractivity contribution in [3.63, 3.8) is 0 Å². The topological polar surface area (TPSA) is 16.4 Å². The number of nitrogens with zero attached hydrogens (tertiary/aromatic N) is 1. The van der Waals surface area contributed by atoms with E-state index in [0.29, 0.717) is 5.41 Å². The van der Waals surface area contributed by atoms with Crippen LogP contribution in [0.1, 0.15) is 114 Å². The Morgan fingerprint density at radius 1 is 0.526 bits per heavy atom. The Balaban J connectivity index is 1.04. The molecular formula is C55H53NO. The Hall–Kier alpha value is -5.08. The van der Waals surface area contributed by atoms with Gasteiger partial charge in [0.15, 0.2) is 0 Å². The number of furan rings is 1. The Morgan fingerprint density at radius 3 is 1.72 bits per heavy atom. The molecule has 6 aliphatic rings. The fourth-order valence-corrected chi connectivity index (χ4v) is 13.1. The Labute approximate surface area is 337 Å². The summed E-state index contributed by atoms with van der Waals surface area (Å²) in [4.78, 5) is 2.51. The molecule has 4 fully saturated rings. The van der Waals surface area contributed by atoms with E-state index in [9.17, 15) is 0 Å². The second-order valence-electron chi connectivity index (χ2n) is 20.8. The molecule has 2 heteroatoms. The fourth-order valence-electron chi connectivity index (χ4n) is 13.1. The number of rotatable bonds is 4. The lowest BCUT2D eigenvalue weighted by Crippen LogP contribution is -2.27. The fraction of sp³-hybridized carbons (Fsp3) is 0.345. The van der Waals surface area contributed by atoms with E-state index >= 15 is 0 Å². The Bertz CT molecular complexity index is 2840. The molecule has 2 atom stereocenters. The van der Waals surface area contributed by atoms with Crippen molar-refractivity contribution in [1.29, 1.82) is 0 Å². The van der Waals surface area contributed by atoms with Crippen LogP contribution in [0.3, 0.4) is 0 Å². The van der Waals surface area contributed by atoms with Gasteiger partial charge >= 0.3 is 0 Å². The van der Waals surface area contributed by atoms with Gasteiger partial charge in [-0.3, -0.25) is 0 Å². The minimum atomic E-state index is -0.130. The molecule has 284 valence electrons. The molecule has 6 aromatic carbocycles. The van der Waals surface area contributed by atoms with Crippen LogP contribution < -0.4 is 4.90 Å². The third kappa shape index (κ3) is 4.59. The zero-order valence-corrected chi connectivity index (χ0v) is 34.6. The van der Waals surface area contributed by atoms with Crippen molar-refractivity contribution in [2.24, 2.45) is 17.8 Å². The van der Waals surface area contributed by atoms with Gasteiger partial charge in [-0.15, -0.1) is 0 Å². The highest BCUT2D eigenvalue weighted by atomic mass is 16.3. The molecule has 13 rings (SSSR count). The molecular weight excluding hydrogens is 691 g/mol. The van der Waals surface area contributed by atoms with E-state index < -0.39 is 0 Å². The van der Waals surface area contributed by atoms with E-state index in [0.717, 1.165) is 34.6 Å². The van der Waals surface area contributed by atoms with E-state index in [2.05, 4.69) is 169 Å². The molecule has 57 heavy (non-hydrogen) atoms.